The van der Waals surface area contributed by atoms with Gasteiger partial charge in [-0.15, -0.1) is 0 Å². The normalized spacial score (nSPS) is 26.8. The summed E-state index contributed by atoms with van der Waals surface area (Å²) in [4.78, 5) is 15.7. The van der Waals surface area contributed by atoms with Crippen molar-refractivity contribution in [2.45, 2.75) is 56.8 Å². The highest BCUT2D eigenvalue weighted by atomic mass is 16.6. The van der Waals surface area contributed by atoms with E-state index >= 15 is 0 Å². The zero-order chi connectivity index (χ0) is 22.8. The van der Waals surface area contributed by atoms with E-state index in [1.807, 2.05) is 6.07 Å². The van der Waals surface area contributed by atoms with Crippen molar-refractivity contribution in [2.75, 3.05) is 19.1 Å². The van der Waals surface area contributed by atoms with Crippen molar-refractivity contribution in [1.82, 2.24) is 19.9 Å². The molecule has 12 heteroatoms. The van der Waals surface area contributed by atoms with Crippen LogP contribution < -0.4 is 11.1 Å². The monoisotopic (exact) mass is 434 g/mol. The van der Waals surface area contributed by atoms with E-state index in [0.717, 1.165) is 0 Å². The molecule has 0 spiro atoms. The van der Waals surface area contributed by atoms with Gasteiger partial charge in [0.05, 0.1) is 25.1 Å². The molecule has 12 nitrogen and oxygen atoms in total. The molecule has 2 aromatic rings. The van der Waals surface area contributed by atoms with E-state index in [2.05, 4.69) is 15.4 Å². The van der Waals surface area contributed by atoms with Gasteiger partial charge >= 0.3 is 5.97 Å². The number of esters is 1. The number of aliphatic hydroxyl groups is 2. The minimum atomic E-state index is -1.89. The van der Waals surface area contributed by atoms with Gasteiger partial charge < -0.3 is 30.2 Å². The summed E-state index contributed by atoms with van der Waals surface area (Å²) in [7, 11) is 0. The molecule has 0 radical (unpaired) electrons. The van der Waals surface area contributed by atoms with Crippen LogP contribution in [0.15, 0.2) is 18.5 Å². The summed E-state index contributed by atoms with van der Waals surface area (Å²) < 4.78 is 17.7. The average molecular weight is 434 g/mol. The Labute approximate surface area is 178 Å². The fourth-order valence-corrected chi connectivity index (χ4v) is 3.33. The van der Waals surface area contributed by atoms with E-state index in [1.54, 1.807) is 26.8 Å². The van der Waals surface area contributed by atoms with Crippen molar-refractivity contribution >= 4 is 17.3 Å². The zero-order valence-corrected chi connectivity index (χ0v) is 17.4. The molecule has 1 aliphatic rings. The van der Waals surface area contributed by atoms with Crippen LogP contribution in [-0.4, -0.2) is 74.6 Å². The summed E-state index contributed by atoms with van der Waals surface area (Å²) in [6.07, 6.45) is -2.97. The molecule has 0 amide bonds. The maximum absolute atomic E-state index is 11.8. The van der Waals surface area contributed by atoms with Gasteiger partial charge in [-0.3, -0.25) is 10.1 Å². The lowest BCUT2D eigenvalue weighted by Crippen LogP contribution is -2.41. The van der Waals surface area contributed by atoms with Gasteiger partial charge in [-0.05, 0) is 32.9 Å². The van der Waals surface area contributed by atoms with Crippen molar-refractivity contribution in [3.63, 3.8) is 0 Å². The highest BCUT2D eigenvalue weighted by Gasteiger charge is 2.57. The lowest BCUT2D eigenvalue weighted by Gasteiger charge is -2.24. The molecule has 1 unspecified atom stereocenters. The number of aliphatic hydroxyl groups excluding tert-OH is 2. The Morgan fingerprint density at radius 3 is 2.87 bits per heavy atom. The molecule has 3 rings (SSSR count). The van der Waals surface area contributed by atoms with Gasteiger partial charge in [-0.2, -0.15) is 10.4 Å². The average Bonchev–Trinajstić information content (AvgIpc) is 3.27. The number of nitrogen functional groups attached to an aromatic ring is 1. The van der Waals surface area contributed by atoms with E-state index in [9.17, 15) is 20.3 Å². The third kappa shape index (κ3) is 4.32. The quantitative estimate of drug-likeness (QED) is 0.229. The smallest absolute Gasteiger partial charge is 0.323 e. The summed E-state index contributed by atoms with van der Waals surface area (Å²) in [6.45, 7) is 4.96. The Kier molecular flexibility index (Phi) is 6.73. The summed E-state index contributed by atoms with van der Waals surface area (Å²) >= 11 is 0. The summed E-state index contributed by atoms with van der Waals surface area (Å²) in [5.41, 5.74) is 4.58. The molecule has 0 aliphatic carbocycles. The third-order valence-corrected chi connectivity index (χ3v) is 4.97. The van der Waals surface area contributed by atoms with E-state index in [1.165, 1.54) is 16.9 Å². The second-order valence-corrected chi connectivity index (χ2v) is 7.53. The number of anilines is 1. The van der Waals surface area contributed by atoms with Crippen molar-refractivity contribution in [3.8, 4) is 6.07 Å². The van der Waals surface area contributed by atoms with E-state index in [0.29, 0.717) is 5.52 Å². The van der Waals surface area contributed by atoms with Crippen LogP contribution in [-0.2, 0) is 24.6 Å². The molecule has 5 atom stereocenters. The summed E-state index contributed by atoms with van der Waals surface area (Å²) in [5, 5.41) is 37.9. The van der Waals surface area contributed by atoms with Crippen LogP contribution in [0.1, 0.15) is 26.5 Å². The number of nitriles is 1. The number of nitrogens with two attached hydrogens (primary N) is 1. The standard InChI is InChI=1S/C19H26N6O6/c1-10(2)30-18(28)11(3)23-9-29-6-13-15(26)16(27)19(7-20,31-13)14-5-4-12-17(21)22-8-24-25(12)14/h4-5,8,10-11,13,15-16,23,26-27H,6,9H2,1-3H3,(H2,21,22,24)/t11-,13+,15?,16+,19-/m0/s1. The SMILES string of the molecule is CC(C)OC(=O)[C@H](C)NCOC[C@H]1O[C@@](C#N)(c2ccc3c(N)ncnn23)[C@H](O)C1O. The second-order valence-electron chi connectivity index (χ2n) is 7.53. The van der Waals surface area contributed by atoms with Crippen LogP contribution in [0.3, 0.4) is 0 Å². The number of fused-ring (bicyclic) bond motifs is 1. The van der Waals surface area contributed by atoms with Gasteiger partial charge in [0.2, 0.25) is 5.60 Å². The first-order chi connectivity index (χ1) is 14.7. The largest absolute Gasteiger partial charge is 0.462 e. The predicted molar refractivity (Wildman–Crippen MR) is 106 cm³/mol. The molecule has 1 aliphatic heterocycles. The number of hydrogen-bond donors (Lipinski definition) is 4. The molecule has 168 valence electrons. The molecule has 0 bridgehead atoms. The Balaban J connectivity index is 1.67. The Morgan fingerprint density at radius 2 is 2.19 bits per heavy atom. The third-order valence-electron chi connectivity index (χ3n) is 4.97. The van der Waals surface area contributed by atoms with E-state index < -0.39 is 35.9 Å². The number of nitrogens with zero attached hydrogens (tertiary/aromatic N) is 4. The molecular formula is C19H26N6O6. The number of aromatic nitrogens is 3. The first kappa shape index (κ1) is 22.9. The van der Waals surface area contributed by atoms with Crippen molar-refractivity contribution < 1.29 is 29.2 Å². The molecule has 0 saturated carbocycles. The predicted octanol–water partition coefficient (Wildman–Crippen LogP) is -0.945. The maximum Gasteiger partial charge on any atom is 0.323 e. The molecular weight excluding hydrogens is 408 g/mol. The van der Waals surface area contributed by atoms with E-state index in [4.69, 9.17) is 19.9 Å². The van der Waals surface area contributed by atoms with Gasteiger partial charge in [-0.1, -0.05) is 0 Å². The van der Waals surface area contributed by atoms with Gasteiger partial charge in [0.25, 0.3) is 0 Å². The van der Waals surface area contributed by atoms with Crippen LogP contribution in [0.5, 0.6) is 0 Å². The van der Waals surface area contributed by atoms with Gasteiger partial charge in [0, 0.05) is 0 Å². The number of carbonyl (C=O) groups excluding carboxylic acids is 1. The molecule has 31 heavy (non-hydrogen) atoms. The fourth-order valence-electron chi connectivity index (χ4n) is 3.33. The van der Waals surface area contributed by atoms with Crippen LogP contribution in [0.4, 0.5) is 5.82 Å². The van der Waals surface area contributed by atoms with Gasteiger partial charge in [0.15, 0.2) is 5.82 Å². The van der Waals surface area contributed by atoms with Crippen molar-refractivity contribution in [2.24, 2.45) is 0 Å². The van der Waals surface area contributed by atoms with Crippen LogP contribution in [0, 0.1) is 11.3 Å². The second kappa shape index (κ2) is 9.13. The first-order valence-electron chi connectivity index (χ1n) is 9.76. The lowest BCUT2D eigenvalue weighted by molar-refractivity contribution is -0.150. The topological polar surface area (TPSA) is 177 Å². The highest BCUT2D eigenvalue weighted by Crippen LogP contribution is 2.40. The van der Waals surface area contributed by atoms with Crippen LogP contribution in [0.2, 0.25) is 0 Å². The van der Waals surface area contributed by atoms with Crippen LogP contribution >= 0.6 is 0 Å². The Bertz CT molecular complexity index is 974. The maximum atomic E-state index is 11.8. The molecule has 3 heterocycles. The zero-order valence-electron chi connectivity index (χ0n) is 17.4. The lowest BCUT2D eigenvalue weighted by atomic mass is 9.92. The van der Waals surface area contributed by atoms with Crippen molar-refractivity contribution in [3.05, 3.63) is 24.2 Å². The minimum Gasteiger partial charge on any atom is -0.462 e. The number of carbonyl (C=O) groups is 1. The molecule has 5 N–H and O–H groups in total. The number of hydrogen-bond acceptors (Lipinski definition) is 11. The first-order valence-corrected chi connectivity index (χ1v) is 9.76. The minimum absolute atomic E-state index is 0.0333. The van der Waals surface area contributed by atoms with E-state index in [-0.39, 0.29) is 31.0 Å². The molecule has 2 aromatic heterocycles. The Morgan fingerprint density at radius 1 is 1.45 bits per heavy atom. The number of nitrogens with one attached hydrogen (secondary N) is 1. The van der Waals surface area contributed by atoms with Gasteiger partial charge in [0.1, 0.15) is 42.3 Å². The molecule has 1 fully saturated rings. The number of ether oxygens (including phenoxy) is 3. The summed E-state index contributed by atoms with van der Waals surface area (Å²) in [5.74, 6) is -0.227. The fraction of sp³-hybridized carbons (Fsp3) is 0.579. The van der Waals surface area contributed by atoms with Crippen molar-refractivity contribution in [1.29, 1.82) is 5.26 Å². The molecule has 1 saturated heterocycles. The Hall–Kier alpha value is -2.82. The van der Waals surface area contributed by atoms with Gasteiger partial charge in [-0.25, -0.2) is 9.50 Å². The molecule has 0 aromatic carbocycles. The highest BCUT2D eigenvalue weighted by molar-refractivity contribution is 5.75. The number of rotatable bonds is 8. The summed E-state index contributed by atoms with van der Waals surface area (Å²) in [6, 6.07) is 4.49. The van der Waals surface area contributed by atoms with Crippen LogP contribution in [0.25, 0.3) is 5.52 Å².